The summed E-state index contributed by atoms with van der Waals surface area (Å²) in [5, 5.41) is 0. The summed E-state index contributed by atoms with van der Waals surface area (Å²) in [5.41, 5.74) is 6.52. The normalized spacial score (nSPS) is 11.3. The third-order valence-electron chi connectivity index (χ3n) is 2.43. The molecule has 112 valence electrons. The lowest BCUT2D eigenvalue weighted by atomic mass is 10.2. The zero-order valence-electron chi connectivity index (χ0n) is 11.7. The standard InChI is InChI=1S/C13H20NO5P/c1-3-18-20(16,19-4-2)10-12-7-5-11(6-8-12)9-17-13(14)15/h5-8H,3-4,9-10H2,1-2H3,(H2,14,15). The van der Waals surface area contributed by atoms with E-state index < -0.39 is 13.7 Å². The Labute approximate surface area is 118 Å². The maximum Gasteiger partial charge on any atom is 0.404 e. The second-order valence-corrected chi connectivity index (χ2v) is 6.08. The van der Waals surface area contributed by atoms with Gasteiger partial charge in [-0.2, -0.15) is 0 Å². The quantitative estimate of drug-likeness (QED) is 0.745. The minimum Gasteiger partial charge on any atom is -0.445 e. The number of rotatable bonds is 8. The predicted octanol–water partition coefficient (Wildman–Crippen LogP) is 3.05. The van der Waals surface area contributed by atoms with Crippen LogP contribution in [-0.4, -0.2) is 19.3 Å². The third kappa shape index (κ3) is 5.74. The van der Waals surface area contributed by atoms with E-state index in [-0.39, 0.29) is 12.8 Å². The molecular weight excluding hydrogens is 281 g/mol. The SMILES string of the molecule is CCOP(=O)(Cc1ccc(COC(N)=O)cc1)OCC. The minimum absolute atomic E-state index is 0.115. The monoisotopic (exact) mass is 301 g/mol. The first kappa shape index (κ1) is 16.7. The van der Waals surface area contributed by atoms with E-state index in [1.807, 2.05) is 0 Å². The van der Waals surface area contributed by atoms with Crippen LogP contribution in [0.25, 0.3) is 0 Å². The average molecular weight is 301 g/mol. The highest BCUT2D eigenvalue weighted by molar-refractivity contribution is 7.53. The van der Waals surface area contributed by atoms with Crippen LogP contribution in [0.5, 0.6) is 0 Å². The largest absolute Gasteiger partial charge is 0.445 e. The number of hydrogen-bond acceptors (Lipinski definition) is 5. The summed E-state index contributed by atoms with van der Waals surface area (Å²) < 4.78 is 27.5. The van der Waals surface area contributed by atoms with Crippen molar-refractivity contribution in [1.29, 1.82) is 0 Å². The molecule has 1 rings (SSSR count). The van der Waals surface area contributed by atoms with Crippen LogP contribution in [0.2, 0.25) is 0 Å². The Morgan fingerprint density at radius 2 is 1.60 bits per heavy atom. The molecule has 0 saturated heterocycles. The van der Waals surface area contributed by atoms with E-state index in [2.05, 4.69) is 4.74 Å². The summed E-state index contributed by atoms with van der Waals surface area (Å²) >= 11 is 0. The van der Waals surface area contributed by atoms with Crippen molar-refractivity contribution in [1.82, 2.24) is 0 Å². The molecule has 0 atom stereocenters. The summed E-state index contributed by atoms with van der Waals surface area (Å²) in [4.78, 5) is 10.5. The minimum atomic E-state index is -3.09. The van der Waals surface area contributed by atoms with E-state index >= 15 is 0 Å². The topological polar surface area (TPSA) is 87.9 Å². The molecule has 7 heteroatoms. The van der Waals surface area contributed by atoms with E-state index in [1.54, 1.807) is 38.1 Å². The van der Waals surface area contributed by atoms with Gasteiger partial charge in [0, 0.05) is 0 Å². The molecule has 0 radical (unpaired) electrons. The molecular formula is C13H20NO5P. The lowest BCUT2D eigenvalue weighted by Crippen LogP contribution is -2.12. The van der Waals surface area contributed by atoms with Crippen LogP contribution in [-0.2, 0) is 31.1 Å². The maximum absolute atomic E-state index is 12.4. The van der Waals surface area contributed by atoms with Gasteiger partial charge in [-0.25, -0.2) is 4.79 Å². The lowest BCUT2D eigenvalue weighted by Gasteiger charge is -2.17. The highest BCUT2D eigenvalue weighted by atomic mass is 31.2. The Balaban J connectivity index is 2.67. The van der Waals surface area contributed by atoms with Crippen molar-refractivity contribution in [3.05, 3.63) is 35.4 Å². The molecule has 0 saturated carbocycles. The molecule has 1 amide bonds. The summed E-state index contributed by atoms with van der Waals surface area (Å²) in [7, 11) is -3.09. The molecule has 1 aromatic rings. The van der Waals surface area contributed by atoms with Crippen molar-refractivity contribution in [2.45, 2.75) is 26.6 Å². The Kier molecular flexibility index (Phi) is 6.71. The van der Waals surface area contributed by atoms with Gasteiger partial charge in [-0.3, -0.25) is 4.57 Å². The lowest BCUT2D eigenvalue weighted by molar-refractivity contribution is 0.150. The van der Waals surface area contributed by atoms with Crippen LogP contribution in [0.15, 0.2) is 24.3 Å². The van der Waals surface area contributed by atoms with Crippen LogP contribution < -0.4 is 5.73 Å². The van der Waals surface area contributed by atoms with Crippen molar-refractivity contribution in [3.63, 3.8) is 0 Å². The summed E-state index contributed by atoms with van der Waals surface area (Å²) in [6.45, 7) is 4.33. The van der Waals surface area contributed by atoms with Gasteiger partial charge in [0.15, 0.2) is 0 Å². The second kappa shape index (κ2) is 8.04. The maximum atomic E-state index is 12.4. The molecule has 20 heavy (non-hydrogen) atoms. The van der Waals surface area contributed by atoms with Gasteiger partial charge >= 0.3 is 13.7 Å². The number of benzene rings is 1. The highest BCUT2D eigenvalue weighted by Crippen LogP contribution is 2.51. The number of primary amides is 1. The van der Waals surface area contributed by atoms with E-state index in [1.165, 1.54) is 0 Å². The number of hydrogen-bond donors (Lipinski definition) is 1. The van der Waals surface area contributed by atoms with Crippen LogP contribution in [0.1, 0.15) is 25.0 Å². The molecule has 0 heterocycles. The highest BCUT2D eigenvalue weighted by Gasteiger charge is 2.23. The smallest absolute Gasteiger partial charge is 0.404 e. The third-order valence-corrected chi connectivity index (χ3v) is 4.49. The number of ether oxygens (including phenoxy) is 1. The van der Waals surface area contributed by atoms with E-state index in [9.17, 15) is 9.36 Å². The Bertz CT molecular complexity index is 464. The molecule has 0 aromatic heterocycles. The molecule has 0 spiro atoms. The second-order valence-electron chi connectivity index (χ2n) is 4.03. The van der Waals surface area contributed by atoms with E-state index in [0.717, 1.165) is 11.1 Å². The van der Waals surface area contributed by atoms with Gasteiger partial charge in [0.1, 0.15) is 6.61 Å². The van der Waals surface area contributed by atoms with Crippen LogP contribution in [0, 0.1) is 0 Å². The molecule has 0 aliphatic carbocycles. The Morgan fingerprint density at radius 3 is 2.05 bits per heavy atom. The molecule has 0 unspecified atom stereocenters. The number of nitrogens with two attached hydrogens (primary N) is 1. The van der Waals surface area contributed by atoms with Gasteiger partial charge in [0.25, 0.3) is 0 Å². The first-order valence-corrected chi connectivity index (χ1v) is 8.10. The van der Waals surface area contributed by atoms with Crippen molar-refractivity contribution in [2.24, 2.45) is 5.73 Å². The molecule has 2 N–H and O–H groups in total. The molecule has 1 aromatic carbocycles. The zero-order valence-corrected chi connectivity index (χ0v) is 12.6. The molecule has 6 nitrogen and oxygen atoms in total. The fourth-order valence-electron chi connectivity index (χ4n) is 1.64. The van der Waals surface area contributed by atoms with Crippen LogP contribution >= 0.6 is 7.60 Å². The van der Waals surface area contributed by atoms with Gasteiger partial charge in [0.2, 0.25) is 0 Å². The van der Waals surface area contributed by atoms with Crippen molar-refractivity contribution in [2.75, 3.05) is 13.2 Å². The molecule has 0 fully saturated rings. The summed E-state index contributed by atoms with van der Waals surface area (Å²) in [6.07, 6.45) is -0.600. The van der Waals surface area contributed by atoms with Gasteiger partial charge in [0.05, 0.1) is 19.4 Å². The number of carbonyl (C=O) groups excluding carboxylic acids is 1. The fraction of sp³-hybridized carbons (Fsp3) is 0.462. The van der Waals surface area contributed by atoms with Crippen LogP contribution in [0.4, 0.5) is 4.79 Å². The number of amides is 1. The average Bonchev–Trinajstić information content (AvgIpc) is 2.38. The fourth-order valence-corrected chi connectivity index (χ4v) is 3.34. The first-order valence-electron chi connectivity index (χ1n) is 6.37. The Hall–Kier alpha value is -1.36. The van der Waals surface area contributed by atoms with Gasteiger partial charge in [-0.05, 0) is 25.0 Å². The van der Waals surface area contributed by atoms with Crippen molar-refractivity contribution < 1.29 is 23.1 Å². The van der Waals surface area contributed by atoms with Crippen molar-refractivity contribution in [3.8, 4) is 0 Å². The molecule has 0 aliphatic heterocycles. The Morgan fingerprint density at radius 1 is 1.10 bits per heavy atom. The van der Waals surface area contributed by atoms with Gasteiger partial charge in [-0.15, -0.1) is 0 Å². The summed E-state index contributed by atoms with van der Waals surface area (Å²) in [6, 6.07) is 7.15. The van der Waals surface area contributed by atoms with E-state index in [0.29, 0.717) is 13.2 Å². The summed E-state index contributed by atoms with van der Waals surface area (Å²) in [5.74, 6) is 0. The molecule has 0 bridgehead atoms. The van der Waals surface area contributed by atoms with Crippen molar-refractivity contribution >= 4 is 13.7 Å². The van der Waals surface area contributed by atoms with Gasteiger partial charge < -0.3 is 19.5 Å². The van der Waals surface area contributed by atoms with Gasteiger partial charge in [-0.1, -0.05) is 24.3 Å². The molecule has 0 aliphatic rings. The zero-order chi connectivity index (χ0) is 15.0. The number of carbonyl (C=O) groups is 1. The van der Waals surface area contributed by atoms with E-state index in [4.69, 9.17) is 14.8 Å². The predicted molar refractivity (Wildman–Crippen MR) is 75.4 cm³/mol. The van der Waals surface area contributed by atoms with Crippen LogP contribution in [0.3, 0.4) is 0 Å². The first-order chi connectivity index (χ1) is 9.49.